The Kier molecular flexibility index (Phi) is 2.00. The van der Waals surface area contributed by atoms with Crippen molar-refractivity contribution in [1.29, 1.82) is 0 Å². The van der Waals surface area contributed by atoms with Crippen molar-refractivity contribution < 1.29 is 9.90 Å². The van der Waals surface area contributed by atoms with Crippen molar-refractivity contribution in [2.75, 3.05) is 6.54 Å². The van der Waals surface area contributed by atoms with Gasteiger partial charge in [0.15, 0.2) is 0 Å². The van der Waals surface area contributed by atoms with Gasteiger partial charge in [-0.3, -0.25) is 10.1 Å². The van der Waals surface area contributed by atoms with Crippen LogP contribution < -0.4 is 5.32 Å². The van der Waals surface area contributed by atoms with Crippen LogP contribution in [-0.4, -0.2) is 23.2 Å². The third-order valence-electron chi connectivity index (χ3n) is 1.89. The van der Waals surface area contributed by atoms with Gasteiger partial charge < -0.3 is 5.11 Å². The number of carboxylic acid groups (broad SMARTS) is 1. The second-order valence-electron chi connectivity index (χ2n) is 3.20. The number of hydrogen-bond acceptors (Lipinski definition) is 2. The fourth-order valence-corrected chi connectivity index (χ4v) is 0.911. The van der Waals surface area contributed by atoms with Gasteiger partial charge in [-0.15, -0.1) is 0 Å². The highest BCUT2D eigenvalue weighted by Crippen LogP contribution is 2.35. The number of hydrogen-bond donors (Lipinski definition) is 2. The SMILES string of the molecule is C=C(C)CNC1(C(=O)O)CC1. The van der Waals surface area contributed by atoms with Crippen molar-refractivity contribution in [1.82, 2.24) is 5.32 Å². The van der Waals surface area contributed by atoms with Gasteiger partial charge >= 0.3 is 5.97 Å². The number of carbonyl (C=O) groups is 1. The van der Waals surface area contributed by atoms with Gasteiger partial charge in [-0.1, -0.05) is 12.2 Å². The zero-order valence-corrected chi connectivity index (χ0v) is 6.68. The Labute approximate surface area is 66.1 Å². The third kappa shape index (κ3) is 1.80. The van der Waals surface area contributed by atoms with Crippen molar-refractivity contribution in [2.45, 2.75) is 25.3 Å². The van der Waals surface area contributed by atoms with E-state index in [1.807, 2.05) is 6.92 Å². The van der Waals surface area contributed by atoms with Gasteiger partial charge in [0.2, 0.25) is 0 Å². The highest BCUT2D eigenvalue weighted by atomic mass is 16.4. The Hall–Kier alpha value is -0.830. The molecule has 0 aliphatic heterocycles. The van der Waals surface area contributed by atoms with Crippen LogP contribution in [0.5, 0.6) is 0 Å². The Morgan fingerprint density at radius 2 is 2.27 bits per heavy atom. The molecule has 11 heavy (non-hydrogen) atoms. The van der Waals surface area contributed by atoms with Crippen LogP contribution in [0.3, 0.4) is 0 Å². The summed E-state index contributed by atoms with van der Waals surface area (Å²) in [5.41, 5.74) is 0.358. The zero-order chi connectivity index (χ0) is 8.48. The minimum absolute atomic E-state index is 0.603. The molecule has 0 saturated heterocycles. The van der Waals surface area contributed by atoms with Gasteiger partial charge in [-0.25, -0.2) is 0 Å². The second kappa shape index (κ2) is 2.66. The predicted molar refractivity (Wildman–Crippen MR) is 42.4 cm³/mol. The molecule has 0 heterocycles. The first-order valence-electron chi connectivity index (χ1n) is 3.70. The van der Waals surface area contributed by atoms with Gasteiger partial charge in [0.25, 0.3) is 0 Å². The van der Waals surface area contributed by atoms with Gasteiger partial charge in [0, 0.05) is 6.54 Å². The molecule has 2 N–H and O–H groups in total. The predicted octanol–water partition coefficient (Wildman–Crippen LogP) is 0.769. The second-order valence-corrected chi connectivity index (χ2v) is 3.20. The molecule has 1 aliphatic carbocycles. The van der Waals surface area contributed by atoms with E-state index in [0.29, 0.717) is 6.54 Å². The first-order valence-corrected chi connectivity index (χ1v) is 3.70. The average molecular weight is 155 g/mol. The van der Waals surface area contributed by atoms with Crippen LogP contribution in [0.4, 0.5) is 0 Å². The van der Waals surface area contributed by atoms with E-state index < -0.39 is 11.5 Å². The summed E-state index contributed by atoms with van der Waals surface area (Å²) in [6, 6.07) is 0. The van der Waals surface area contributed by atoms with E-state index in [-0.39, 0.29) is 0 Å². The Morgan fingerprint density at radius 3 is 2.55 bits per heavy atom. The highest BCUT2D eigenvalue weighted by Gasteiger charge is 2.49. The van der Waals surface area contributed by atoms with Crippen LogP contribution >= 0.6 is 0 Å². The fraction of sp³-hybridized carbons (Fsp3) is 0.625. The molecular weight excluding hydrogens is 142 g/mol. The molecule has 1 aliphatic rings. The number of rotatable bonds is 4. The highest BCUT2D eigenvalue weighted by molar-refractivity contribution is 5.82. The first kappa shape index (κ1) is 8.27. The minimum Gasteiger partial charge on any atom is -0.480 e. The van der Waals surface area contributed by atoms with E-state index in [4.69, 9.17) is 5.11 Å². The molecule has 3 heteroatoms. The van der Waals surface area contributed by atoms with E-state index in [0.717, 1.165) is 18.4 Å². The lowest BCUT2D eigenvalue weighted by Gasteiger charge is -2.11. The molecular formula is C8H13NO2. The van der Waals surface area contributed by atoms with Gasteiger partial charge in [-0.2, -0.15) is 0 Å². The molecule has 62 valence electrons. The molecule has 0 unspecified atom stereocenters. The maximum atomic E-state index is 10.6. The lowest BCUT2D eigenvalue weighted by Crippen LogP contribution is -2.39. The van der Waals surface area contributed by atoms with Crippen LogP contribution in [-0.2, 0) is 4.79 Å². The Bertz CT molecular complexity index is 194. The standard InChI is InChI=1S/C8H13NO2/c1-6(2)5-9-8(3-4-8)7(10)11/h9H,1,3-5H2,2H3,(H,10,11). The third-order valence-corrected chi connectivity index (χ3v) is 1.89. The molecule has 3 nitrogen and oxygen atoms in total. The monoisotopic (exact) mass is 155 g/mol. The topological polar surface area (TPSA) is 49.3 Å². The summed E-state index contributed by atoms with van der Waals surface area (Å²) >= 11 is 0. The summed E-state index contributed by atoms with van der Waals surface area (Å²) in [6.07, 6.45) is 1.49. The van der Waals surface area contributed by atoms with E-state index in [9.17, 15) is 4.79 Å². The molecule has 0 radical (unpaired) electrons. The van der Waals surface area contributed by atoms with Crippen molar-refractivity contribution in [3.05, 3.63) is 12.2 Å². The van der Waals surface area contributed by atoms with Crippen LogP contribution in [0.2, 0.25) is 0 Å². The van der Waals surface area contributed by atoms with Crippen molar-refractivity contribution in [3.8, 4) is 0 Å². The summed E-state index contributed by atoms with van der Waals surface area (Å²) in [6.45, 7) is 6.17. The fourth-order valence-electron chi connectivity index (χ4n) is 0.911. The summed E-state index contributed by atoms with van der Waals surface area (Å²) in [5.74, 6) is -0.737. The van der Waals surface area contributed by atoms with E-state index >= 15 is 0 Å². The van der Waals surface area contributed by atoms with Crippen LogP contribution in [0, 0.1) is 0 Å². The summed E-state index contributed by atoms with van der Waals surface area (Å²) in [4.78, 5) is 10.6. The molecule has 0 aromatic carbocycles. The number of nitrogens with one attached hydrogen (secondary N) is 1. The quantitative estimate of drug-likeness (QED) is 0.589. The maximum Gasteiger partial charge on any atom is 0.323 e. The Morgan fingerprint density at radius 1 is 1.73 bits per heavy atom. The molecule has 0 spiro atoms. The zero-order valence-electron chi connectivity index (χ0n) is 6.68. The summed E-state index contributed by atoms with van der Waals surface area (Å²) in [7, 11) is 0. The molecule has 0 atom stereocenters. The normalized spacial score (nSPS) is 19.4. The molecule has 0 aromatic heterocycles. The van der Waals surface area contributed by atoms with Gasteiger partial charge in [0.1, 0.15) is 5.54 Å². The van der Waals surface area contributed by atoms with Crippen LogP contribution in [0.25, 0.3) is 0 Å². The average Bonchev–Trinajstić information content (AvgIpc) is 2.63. The summed E-state index contributed by atoms with van der Waals surface area (Å²) < 4.78 is 0. The molecule has 0 amide bonds. The summed E-state index contributed by atoms with van der Waals surface area (Å²) in [5, 5.41) is 11.7. The Balaban J connectivity index is 2.36. The van der Waals surface area contributed by atoms with Crippen LogP contribution in [0.15, 0.2) is 12.2 Å². The van der Waals surface area contributed by atoms with Crippen molar-refractivity contribution >= 4 is 5.97 Å². The van der Waals surface area contributed by atoms with Crippen LogP contribution in [0.1, 0.15) is 19.8 Å². The molecule has 1 fully saturated rings. The molecule has 0 aromatic rings. The molecule has 1 saturated carbocycles. The lowest BCUT2D eigenvalue weighted by atomic mass is 10.2. The van der Waals surface area contributed by atoms with E-state index in [1.165, 1.54) is 0 Å². The number of aliphatic carboxylic acids is 1. The first-order chi connectivity index (χ1) is 5.07. The smallest absolute Gasteiger partial charge is 0.323 e. The lowest BCUT2D eigenvalue weighted by molar-refractivity contribution is -0.140. The van der Waals surface area contributed by atoms with E-state index in [2.05, 4.69) is 11.9 Å². The minimum atomic E-state index is -0.737. The maximum absolute atomic E-state index is 10.6. The molecule has 1 rings (SSSR count). The van der Waals surface area contributed by atoms with Crippen molar-refractivity contribution in [2.24, 2.45) is 0 Å². The van der Waals surface area contributed by atoms with Gasteiger partial charge in [-0.05, 0) is 19.8 Å². The number of carboxylic acids is 1. The van der Waals surface area contributed by atoms with Crippen molar-refractivity contribution in [3.63, 3.8) is 0 Å². The van der Waals surface area contributed by atoms with Gasteiger partial charge in [0.05, 0.1) is 0 Å². The van der Waals surface area contributed by atoms with E-state index in [1.54, 1.807) is 0 Å². The largest absolute Gasteiger partial charge is 0.480 e. The molecule has 0 bridgehead atoms.